The standard InChI is InChI=1S/C23H22N2O6S2/c1-8(22(28)29)25-20(26)15-11-7-12(16(15)21(25)27)17-14(11)13(9-3-5-10(31-2)6-4-9)18-19(32-17)24-23(30)33-18/h3-6,8,11-17H,7H2,1-2H3,(H,24,30)(H,28,29)/t8-,11-,12-,13-,14+,15-,16+,17-/m1/s1. The Hall–Kier alpha value is -2.59. The molecule has 1 aromatic heterocycles. The summed E-state index contributed by atoms with van der Waals surface area (Å²) in [5.41, 5.74) is 1.05. The number of H-pyrrole nitrogens is 1. The van der Waals surface area contributed by atoms with Gasteiger partial charge in [-0.05, 0) is 48.8 Å². The second-order valence-electron chi connectivity index (χ2n) is 9.29. The van der Waals surface area contributed by atoms with Crippen LogP contribution in [0.4, 0.5) is 0 Å². The molecule has 0 unspecified atom stereocenters. The Bertz CT molecular complexity index is 1240. The number of aromatic nitrogens is 1. The number of imide groups is 1. The number of methoxy groups -OCH3 is 1. The number of aromatic amines is 1. The maximum atomic E-state index is 13.3. The molecule has 2 N–H and O–H groups in total. The van der Waals surface area contributed by atoms with Gasteiger partial charge in [-0.25, -0.2) is 4.79 Å². The van der Waals surface area contributed by atoms with Gasteiger partial charge in [0.15, 0.2) is 0 Å². The molecule has 0 radical (unpaired) electrons. The van der Waals surface area contributed by atoms with E-state index >= 15 is 0 Å². The summed E-state index contributed by atoms with van der Waals surface area (Å²) >= 11 is 2.83. The summed E-state index contributed by atoms with van der Waals surface area (Å²) < 4.78 is 5.31. The van der Waals surface area contributed by atoms with Crippen molar-refractivity contribution in [2.24, 2.45) is 29.6 Å². The van der Waals surface area contributed by atoms with Crippen LogP contribution in [0, 0.1) is 29.6 Å². The largest absolute Gasteiger partial charge is 0.497 e. The quantitative estimate of drug-likeness (QED) is 0.638. The molecule has 2 amide bonds. The van der Waals surface area contributed by atoms with Crippen LogP contribution in [0.1, 0.15) is 29.7 Å². The molecule has 10 heteroatoms. The third kappa shape index (κ3) is 2.76. The van der Waals surface area contributed by atoms with Crippen molar-refractivity contribution in [3.05, 3.63) is 44.4 Å². The summed E-state index contributed by atoms with van der Waals surface area (Å²) in [5.74, 6) is -2.11. The molecule has 2 saturated carbocycles. The number of nitrogens with zero attached hydrogens (tertiary/aromatic N) is 1. The SMILES string of the molecule is COc1ccc([C@H]2c3sc(=O)[nH]c3S[C@@H]3[C@@H]4C[C@@H]([C@H]5C(=O)N([C@H](C)C(=O)O)C(=O)[C@@H]45)[C@@H]23)cc1. The van der Waals surface area contributed by atoms with E-state index in [-0.39, 0.29) is 45.6 Å². The van der Waals surface area contributed by atoms with Gasteiger partial charge in [-0.1, -0.05) is 23.5 Å². The normalized spacial score (nSPS) is 34.7. The maximum Gasteiger partial charge on any atom is 0.326 e. The van der Waals surface area contributed by atoms with Gasteiger partial charge in [0.25, 0.3) is 0 Å². The van der Waals surface area contributed by atoms with Gasteiger partial charge < -0.3 is 14.8 Å². The zero-order valence-corrected chi connectivity index (χ0v) is 19.5. The first-order valence-corrected chi connectivity index (χ1v) is 12.6. The van der Waals surface area contributed by atoms with E-state index in [0.717, 1.165) is 32.5 Å². The van der Waals surface area contributed by atoms with Crippen molar-refractivity contribution >= 4 is 40.9 Å². The minimum Gasteiger partial charge on any atom is -0.497 e. The van der Waals surface area contributed by atoms with E-state index in [0.29, 0.717) is 0 Å². The second kappa shape index (κ2) is 7.20. The number of nitrogens with one attached hydrogen (secondary N) is 1. The molecule has 1 saturated heterocycles. The van der Waals surface area contributed by atoms with Crippen molar-refractivity contribution in [2.75, 3.05) is 7.11 Å². The van der Waals surface area contributed by atoms with Gasteiger partial charge >= 0.3 is 10.8 Å². The van der Waals surface area contributed by atoms with Crippen LogP contribution < -0.4 is 9.61 Å². The lowest BCUT2D eigenvalue weighted by Gasteiger charge is -2.43. The number of carbonyl (C=O) groups excluding carboxylic acids is 2. The number of thioether (sulfide) groups is 1. The van der Waals surface area contributed by atoms with Crippen LogP contribution >= 0.6 is 23.1 Å². The molecule has 2 aromatic rings. The molecule has 0 spiro atoms. The lowest BCUT2D eigenvalue weighted by atomic mass is 9.68. The number of carboxylic acids is 1. The highest BCUT2D eigenvalue weighted by molar-refractivity contribution is 8.00. The van der Waals surface area contributed by atoms with Crippen molar-refractivity contribution in [3.63, 3.8) is 0 Å². The third-order valence-corrected chi connectivity index (χ3v) is 10.6. The van der Waals surface area contributed by atoms with Gasteiger partial charge in [0.2, 0.25) is 11.8 Å². The first-order chi connectivity index (χ1) is 15.8. The fraction of sp³-hybridized carbons (Fsp3) is 0.478. The van der Waals surface area contributed by atoms with Crippen molar-refractivity contribution < 1.29 is 24.2 Å². The number of carbonyl (C=O) groups is 3. The molecule has 3 heterocycles. The third-order valence-electron chi connectivity index (χ3n) is 7.98. The topological polar surface area (TPSA) is 117 Å². The van der Waals surface area contributed by atoms with E-state index in [9.17, 15) is 24.3 Å². The summed E-state index contributed by atoms with van der Waals surface area (Å²) in [6.45, 7) is 1.39. The molecule has 33 heavy (non-hydrogen) atoms. The maximum absolute atomic E-state index is 13.3. The zero-order chi connectivity index (χ0) is 23.2. The van der Waals surface area contributed by atoms with Gasteiger partial charge in [0, 0.05) is 16.0 Å². The molecule has 1 aromatic carbocycles. The molecular weight excluding hydrogens is 464 g/mol. The summed E-state index contributed by atoms with van der Waals surface area (Å²) in [7, 11) is 1.61. The van der Waals surface area contributed by atoms with Crippen LogP contribution in [0.15, 0.2) is 34.1 Å². The van der Waals surface area contributed by atoms with Crippen molar-refractivity contribution in [1.29, 1.82) is 0 Å². The van der Waals surface area contributed by atoms with E-state index in [1.807, 2.05) is 24.3 Å². The van der Waals surface area contributed by atoms with E-state index < -0.39 is 23.8 Å². The highest BCUT2D eigenvalue weighted by Crippen LogP contribution is 2.68. The molecule has 6 rings (SSSR count). The van der Waals surface area contributed by atoms with Crippen LogP contribution in [0.5, 0.6) is 5.75 Å². The number of ether oxygens (including phenoxy) is 1. The second-order valence-corrected chi connectivity index (χ2v) is 11.5. The fourth-order valence-electron chi connectivity index (χ4n) is 6.72. The summed E-state index contributed by atoms with van der Waals surface area (Å²) in [6, 6.07) is 6.65. The number of fused-ring (bicyclic) bond motifs is 9. The molecule has 172 valence electrons. The first-order valence-electron chi connectivity index (χ1n) is 10.9. The van der Waals surface area contributed by atoms with E-state index in [1.165, 1.54) is 18.3 Å². The predicted octanol–water partition coefficient (Wildman–Crippen LogP) is 2.39. The number of benzene rings is 1. The van der Waals surface area contributed by atoms with Crippen LogP contribution in [-0.2, 0) is 14.4 Å². The monoisotopic (exact) mass is 486 g/mol. The molecule has 2 aliphatic carbocycles. The number of hydrogen-bond donors (Lipinski definition) is 2. The van der Waals surface area contributed by atoms with Crippen LogP contribution in [-0.4, -0.2) is 51.2 Å². The lowest BCUT2D eigenvalue weighted by molar-refractivity contribution is -0.154. The van der Waals surface area contributed by atoms with Crippen LogP contribution in [0.25, 0.3) is 0 Å². The molecule has 4 aliphatic rings. The lowest BCUT2D eigenvalue weighted by Crippen LogP contribution is -2.44. The minimum atomic E-state index is -1.17. The van der Waals surface area contributed by atoms with Gasteiger partial charge in [-0.15, -0.1) is 11.8 Å². The van der Waals surface area contributed by atoms with Gasteiger partial charge in [-0.3, -0.25) is 19.3 Å². The average molecular weight is 487 g/mol. The van der Waals surface area contributed by atoms with Crippen molar-refractivity contribution in [3.8, 4) is 5.75 Å². The number of likely N-dealkylation sites (tertiary alicyclic amines) is 1. The minimum absolute atomic E-state index is 0.0188. The average Bonchev–Trinajstić information content (AvgIpc) is 3.52. The Morgan fingerprint density at radius 1 is 1.15 bits per heavy atom. The Morgan fingerprint density at radius 3 is 2.45 bits per heavy atom. The van der Waals surface area contributed by atoms with Crippen LogP contribution in [0.2, 0.25) is 0 Å². The molecule has 8 atom stereocenters. The van der Waals surface area contributed by atoms with E-state index in [4.69, 9.17) is 4.74 Å². The van der Waals surface area contributed by atoms with Crippen molar-refractivity contribution in [2.45, 2.75) is 35.6 Å². The van der Waals surface area contributed by atoms with E-state index in [1.54, 1.807) is 18.9 Å². The zero-order valence-electron chi connectivity index (χ0n) is 17.9. The van der Waals surface area contributed by atoms with Crippen molar-refractivity contribution in [1.82, 2.24) is 9.88 Å². The van der Waals surface area contributed by atoms with Gasteiger partial charge in [-0.2, -0.15) is 0 Å². The fourth-order valence-corrected chi connectivity index (χ4v) is 9.61. The molecule has 2 aliphatic heterocycles. The highest BCUT2D eigenvalue weighted by Gasteiger charge is 2.70. The molecule has 8 nitrogen and oxygen atoms in total. The molecule has 3 fully saturated rings. The first kappa shape index (κ1) is 21.0. The molecule has 2 bridgehead atoms. The number of amides is 2. The summed E-state index contributed by atoms with van der Waals surface area (Å²) in [6.07, 6.45) is 0.774. The van der Waals surface area contributed by atoms with Gasteiger partial charge in [0.05, 0.1) is 24.0 Å². The predicted molar refractivity (Wildman–Crippen MR) is 120 cm³/mol. The smallest absolute Gasteiger partial charge is 0.326 e. The number of aliphatic carboxylic acids is 1. The number of carboxylic acid groups (broad SMARTS) is 1. The Labute approximate surface area is 197 Å². The highest BCUT2D eigenvalue weighted by atomic mass is 32.2. The Morgan fingerprint density at radius 2 is 1.82 bits per heavy atom. The van der Waals surface area contributed by atoms with Gasteiger partial charge in [0.1, 0.15) is 11.8 Å². The van der Waals surface area contributed by atoms with Crippen LogP contribution in [0.3, 0.4) is 0 Å². The molecular formula is C23H22N2O6S2. The summed E-state index contributed by atoms with van der Waals surface area (Å²) in [4.78, 5) is 55.3. The Kier molecular flexibility index (Phi) is 4.58. The number of thiazole rings is 1. The van der Waals surface area contributed by atoms with E-state index in [2.05, 4.69) is 4.98 Å². The summed E-state index contributed by atoms with van der Waals surface area (Å²) in [5, 5.41) is 10.4. The number of hydrogen-bond acceptors (Lipinski definition) is 7. The Balaban J connectivity index is 1.44. The number of rotatable bonds is 4.